The number of rotatable bonds is 5. The minimum Gasteiger partial charge on any atom is -0.309 e. The fourth-order valence-corrected chi connectivity index (χ4v) is 4.33. The summed E-state index contributed by atoms with van der Waals surface area (Å²) in [5.41, 5.74) is 0. The van der Waals surface area contributed by atoms with Crippen LogP contribution in [0.3, 0.4) is 0 Å². The Balaban J connectivity index is 2.15. The van der Waals surface area contributed by atoms with E-state index >= 15 is 0 Å². The molecule has 0 fully saturated rings. The van der Waals surface area contributed by atoms with Crippen molar-refractivity contribution in [3.8, 4) is 0 Å². The molecule has 2 rings (SSSR count). The van der Waals surface area contributed by atoms with E-state index in [4.69, 9.17) is 0 Å². The van der Waals surface area contributed by atoms with E-state index in [1.807, 2.05) is 22.7 Å². The molecule has 0 spiro atoms. The molecule has 0 aliphatic heterocycles. The fourth-order valence-electron chi connectivity index (χ4n) is 1.82. The standard InChI is InChI=1S/C13H16BrNS2/c1-3-15-11(12-5-4-9(2)17-12)8-13-10(14)6-7-16-13/h4-7,11,15H,3,8H2,1-2H3. The lowest BCUT2D eigenvalue weighted by Crippen LogP contribution is -2.21. The molecule has 2 heterocycles. The van der Waals surface area contributed by atoms with Gasteiger partial charge in [-0.05, 0) is 53.0 Å². The third kappa shape index (κ3) is 3.41. The predicted molar refractivity (Wildman–Crippen MR) is 81.2 cm³/mol. The van der Waals surface area contributed by atoms with Crippen LogP contribution in [0.15, 0.2) is 28.1 Å². The maximum absolute atomic E-state index is 3.61. The number of hydrogen-bond acceptors (Lipinski definition) is 3. The molecule has 92 valence electrons. The first-order chi connectivity index (χ1) is 8.20. The SMILES string of the molecule is CCNC(Cc1sccc1Br)c1ccc(C)s1. The van der Waals surface area contributed by atoms with E-state index in [-0.39, 0.29) is 0 Å². The van der Waals surface area contributed by atoms with Crippen molar-refractivity contribution in [2.45, 2.75) is 26.3 Å². The second kappa shape index (κ2) is 6.14. The van der Waals surface area contributed by atoms with Crippen molar-refractivity contribution >= 4 is 38.6 Å². The minimum atomic E-state index is 0.439. The summed E-state index contributed by atoms with van der Waals surface area (Å²) in [6.07, 6.45) is 1.06. The molecule has 4 heteroatoms. The lowest BCUT2D eigenvalue weighted by atomic mass is 10.1. The predicted octanol–water partition coefficient (Wildman–Crippen LogP) is 4.77. The van der Waals surface area contributed by atoms with Gasteiger partial charge in [0.2, 0.25) is 0 Å². The van der Waals surface area contributed by atoms with Crippen molar-refractivity contribution in [3.05, 3.63) is 42.7 Å². The Morgan fingerprint density at radius 3 is 2.71 bits per heavy atom. The maximum Gasteiger partial charge on any atom is 0.0464 e. The van der Waals surface area contributed by atoms with Crippen molar-refractivity contribution in [1.29, 1.82) is 0 Å². The Hall–Kier alpha value is -0.160. The number of likely N-dealkylation sites (N-methyl/N-ethyl adjacent to an activating group) is 1. The van der Waals surface area contributed by atoms with Gasteiger partial charge in [0.05, 0.1) is 0 Å². The summed E-state index contributed by atoms with van der Waals surface area (Å²) in [4.78, 5) is 4.24. The van der Waals surface area contributed by atoms with E-state index < -0.39 is 0 Å². The first-order valence-corrected chi connectivity index (χ1v) is 8.21. The number of aryl methyl sites for hydroxylation is 1. The van der Waals surface area contributed by atoms with Gasteiger partial charge in [0.1, 0.15) is 0 Å². The highest BCUT2D eigenvalue weighted by Gasteiger charge is 2.15. The Bertz CT molecular complexity index is 475. The molecule has 0 bridgehead atoms. The number of hydrogen-bond donors (Lipinski definition) is 1. The molecule has 2 aromatic heterocycles. The molecule has 1 atom stereocenters. The first kappa shape index (κ1) is 13.3. The summed E-state index contributed by atoms with van der Waals surface area (Å²) >= 11 is 7.32. The summed E-state index contributed by atoms with van der Waals surface area (Å²) in [6.45, 7) is 5.33. The molecule has 1 unspecified atom stereocenters. The van der Waals surface area contributed by atoms with Crippen LogP contribution in [0.1, 0.15) is 27.6 Å². The molecule has 17 heavy (non-hydrogen) atoms. The van der Waals surface area contributed by atoms with E-state index in [0.717, 1.165) is 13.0 Å². The molecule has 0 saturated heterocycles. The van der Waals surface area contributed by atoms with Crippen LogP contribution in [0.5, 0.6) is 0 Å². The summed E-state index contributed by atoms with van der Waals surface area (Å²) in [5, 5.41) is 5.71. The Labute approximate surface area is 119 Å². The van der Waals surface area contributed by atoms with Crippen LogP contribution in [0, 0.1) is 6.92 Å². The van der Waals surface area contributed by atoms with Crippen molar-refractivity contribution in [3.63, 3.8) is 0 Å². The zero-order valence-electron chi connectivity index (χ0n) is 10.00. The van der Waals surface area contributed by atoms with Crippen LogP contribution in [0.2, 0.25) is 0 Å². The number of halogens is 1. The molecule has 0 radical (unpaired) electrons. The highest BCUT2D eigenvalue weighted by atomic mass is 79.9. The van der Waals surface area contributed by atoms with Crippen LogP contribution in [0.4, 0.5) is 0 Å². The number of thiophene rings is 2. The van der Waals surface area contributed by atoms with Gasteiger partial charge in [-0.15, -0.1) is 22.7 Å². The average Bonchev–Trinajstić information content (AvgIpc) is 2.88. The molecule has 0 aliphatic rings. The second-order valence-electron chi connectivity index (χ2n) is 3.95. The molecule has 0 saturated carbocycles. The molecule has 2 aromatic rings. The average molecular weight is 330 g/mol. The third-order valence-electron chi connectivity index (χ3n) is 2.64. The van der Waals surface area contributed by atoms with Crippen LogP contribution in [0.25, 0.3) is 0 Å². The van der Waals surface area contributed by atoms with E-state index in [9.17, 15) is 0 Å². The van der Waals surface area contributed by atoms with Gasteiger partial charge < -0.3 is 5.32 Å². The lowest BCUT2D eigenvalue weighted by molar-refractivity contribution is 0.561. The monoisotopic (exact) mass is 329 g/mol. The highest BCUT2D eigenvalue weighted by molar-refractivity contribution is 9.10. The van der Waals surface area contributed by atoms with Crippen molar-refractivity contribution in [1.82, 2.24) is 5.32 Å². The fraction of sp³-hybridized carbons (Fsp3) is 0.385. The van der Waals surface area contributed by atoms with E-state index in [2.05, 4.69) is 58.7 Å². The highest BCUT2D eigenvalue weighted by Crippen LogP contribution is 2.30. The van der Waals surface area contributed by atoms with Crippen molar-refractivity contribution in [2.24, 2.45) is 0 Å². The summed E-state index contributed by atoms with van der Waals surface area (Å²) in [5.74, 6) is 0. The zero-order chi connectivity index (χ0) is 12.3. The smallest absolute Gasteiger partial charge is 0.0464 e. The quantitative estimate of drug-likeness (QED) is 0.832. The van der Waals surface area contributed by atoms with Gasteiger partial charge in [-0.25, -0.2) is 0 Å². The summed E-state index contributed by atoms with van der Waals surface area (Å²) < 4.78 is 1.23. The lowest BCUT2D eigenvalue weighted by Gasteiger charge is -2.15. The normalized spacial score (nSPS) is 12.9. The van der Waals surface area contributed by atoms with E-state index in [0.29, 0.717) is 6.04 Å². The van der Waals surface area contributed by atoms with E-state index in [1.54, 1.807) is 0 Å². The van der Waals surface area contributed by atoms with Gasteiger partial charge in [0.25, 0.3) is 0 Å². The van der Waals surface area contributed by atoms with Crippen LogP contribution in [-0.4, -0.2) is 6.54 Å². The number of nitrogens with one attached hydrogen (secondary N) is 1. The topological polar surface area (TPSA) is 12.0 Å². The third-order valence-corrected chi connectivity index (χ3v) is 5.70. The van der Waals surface area contributed by atoms with Gasteiger partial charge in [0, 0.05) is 31.6 Å². The van der Waals surface area contributed by atoms with Gasteiger partial charge in [-0.2, -0.15) is 0 Å². The molecule has 1 nitrogen and oxygen atoms in total. The van der Waals surface area contributed by atoms with Crippen LogP contribution >= 0.6 is 38.6 Å². The molecule has 0 amide bonds. The van der Waals surface area contributed by atoms with E-state index in [1.165, 1.54) is 19.1 Å². The summed E-state index contributed by atoms with van der Waals surface area (Å²) in [6, 6.07) is 7.01. The summed E-state index contributed by atoms with van der Waals surface area (Å²) in [7, 11) is 0. The molecule has 0 aromatic carbocycles. The second-order valence-corrected chi connectivity index (χ2v) is 7.13. The van der Waals surface area contributed by atoms with Crippen molar-refractivity contribution in [2.75, 3.05) is 6.54 Å². The van der Waals surface area contributed by atoms with Crippen LogP contribution in [-0.2, 0) is 6.42 Å². The minimum absolute atomic E-state index is 0.439. The molecule has 0 aliphatic carbocycles. The Kier molecular flexibility index (Phi) is 4.79. The maximum atomic E-state index is 3.61. The van der Waals surface area contributed by atoms with Crippen molar-refractivity contribution < 1.29 is 0 Å². The van der Waals surface area contributed by atoms with Gasteiger partial charge >= 0.3 is 0 Å². The van der Waals surface area contributed by atoms with Gasteiger partial charge in [-0.1, -0.05) is 6.92 Å². The Morgan fingerprint density at radius 1 is 1.35 bits per heavy atom. The van der Waals surface area contributed by atoms with Gasteiger partial charge in [-0.3, -0.25) is 0 Å². The molecular formula is C13H16BrNS2. The molecular weight excluding hydrogens is 314 g/mol. The molecule has 1 N–H and O–H groups in total. The Morgan fingerprint density at radius 2 is 2.18 bits per heavy atom. The largest absolute Gasteiger partial charge is 0.309 e. The van der Waals surface area contributed by atoms with Gasteiger partial charge in [0.15, 0.2) is 0 Å². The first-order valence-electron chi connectivity index (χ1n) is 5.72. The van der Waals surface area contributed by atoms with Crippen LogP contribution < -0.4 is 5.32 Å². The zero-order valence-corrected chi connectivity index (χ0v) is 13.2.